The van der Waals surface area contributed by atoms with Crippen LogP contribution in [-0.2, 0) is 10.1 Å². The summed E-state index contributed by atoms with van der Waals surface area (Å²) in [5.74, 6) is -0.000546. The monoisotopic (exact) mass is 624 g/mol. The highest BCUT2D eigenvalue weighted by atomic mass is 32.2. The molecule has 0 amide bonds. The molecule has 242 valence electrons. The predicted molar refractivity (Wildman–Crippen MR) is 181 cm³/mol. The van der Waals surface area contributed by atoms with E-state index in [1.807, 2.05) is 42.5 Å². The van der Waals surface area contributed by atoms with Gasteiger partial charge in [-0.3, -0.25) is 9.35 Å². The van der Waals surface area contributed by atoms with Crippen molar-refractivity contribution >= 4 is 26.8 Å². The van der Waals surface area contributed by atoms with Gasteiger partial charge in [0.15, 0.2) is 5.78 Å². The molecule has 7 nitrogen and oxygen atoms in total. The summed E-state index contributed by atoms with van der Waals surface area (Å²) in [5, 5.41) is 14.2. The van der Waals surface area contributed by atoms with Crippen LogP contribution in [-0.4, -0.2) is 47.7 Å². The summed E-state index contributed by atoms with van der Waals surface area (Å²) in [6, 6.07) is 16.9. The number of fused-ring (bicyclic) bond motifs is 1. The lowest BCUT2D eigenvalue weighted by atomic mass is 9.97. The summed E-state index contributed by atoms with van der Waals surface area (Å²) in [7, 11) is -3.85. The number of rotatable bonds is 24. The molecule has 44 heavy (non-hydrogen) atoms. The molecule has 1 heterocycles. The van der Waals surface area contributed by atoms with Crippen molar-refractivity contribution in [3.8, 4) is 17.0 Å². The van der Waals surface area contributed by atoms with Crippen LogP contribution in [0.2, 0.25) is 0 Å². The molecular weight excluding hydrogens is 572 g/mol. The highest BCUT2D eigenvalue weighted by Crippen LogP contribution is 2.30. The Labute approximate surface area is 264 Å². The summed E-state index contributed by atoms with van der Waals surface area (Å²) in [5.41, 5.74) is 2.76. The maximum absolute atomic E-state index is 13.2. The molecule has 2 aromatic carbocycles. The Morgan fingerprint density at radius 3 is 1.80 bits per heavy atom. The molecule has 0 fully saturated rings. The lowest BCUT2D eigenvalue weighted by Crippen LogP contribution is -2.23. The number of phenolic OH excluding ortho intramolecular Hbond substituents is 1. The van der Waals surface area contributed by atoms with Crippen molar-refractivity contribution in [2.24, 2.45) is 0 Å². The second kappa shape index (κ2) is 20.3. The van der Waals surface area contributed by atoms with Crippen molar-refractivity contribution in [1.29, 1.82) is 0 Å². The van der Waals surface area contributed by atoms with Gasteiger partial charge in [0.05, 0.1) is 11.4 Å². The van der Waals surface area contributed by atoms with Crippen LogP contribution in [0.5, 0.6) is 5.75 Å². The Balaban J connectivity index is 1.18. The van der Waals surface area contributed by atoms with Gasteiger partial charge in [-0.25, -0.2) is 4.98 Å². The zero-order valence-corrected chi connectivity index (χ0v) is 27.1. The van der Waals surface area contributed by atoms with Gasteiger partial charge in [0, 0.05) is 29.5 Å². The van der Waals surface area contributed by atoms with Crippen molar-refractivity contribution in [2.45, 2.75) is 109 Å². The Kier molecular flexibility index (Phi) is 16.4. The largest absolute Gasteiger partial charge is 0.506 e. The Morgan fingerprint density at radius 1 is 0.682 bits per heavy atom. The number of benzene rings is 2. The number of phenols is 1. The minimum absolute atomic E-state index is 0.0993. The number of hydrogen-bond acceptors (Lipinski definition) is 6. The highest BCUT2D eigenvalue weighted by Gasteiger charge is 2.15. The molecule has 0 aliphatic rings. The standard InChI is InChI=1S/C36H52N2O5S/c39-34(32-29-33(30-21-16-15-17-22-30)38-36-31(32)23-20-25-35(36)40)24-18-13-11-9-7-5-3-1-2-4-6-8-10-12-14-19-26-37-27-28-44(41,42)43/h15-17,20-23,25,29,37,40H,1-14,18-19,24,26-28H2,(H,41,42,43). The van der Waals surface area contributed by atoms with Crippen LogP contribution in [0.4, 0.5) is 0 Å². The third kappa shape index (κ3) is 13.9. The van der Waals surface area contributed by atoms with Crippen molar-refractivity contribution in [3.63, 3.8) is 0 Å². The Morgan fingerprint density at radius 2 is 1.23 bits per heavy atom. The predicted octanol–water partition coefficient (Wildman–Crippen LogP) is 8.90. The first-order chi connectivity index (χ1) is 21.3. The van der Waals surface area contributed by atoms with E-state index in [0.717, 1.165) is 37.8 Å². The minimum Gasteiger partial charge on any atom is -0.506 e. The number of Topliss-reactive ketones (excluding diaryl/α,β-unsaturated/α-hetero) is 1. The van der Waals surface area contributed by atoms with Crippen molar-refractivity contribution < 1.29 is 22.9 Å². The average Bonchev–Trinajstić information content (AvgIpc) is 3.01. The Hall–Kier alpha value is -2.81. The van der Waals surface area contributed by atoms with E-state index >= 15 is 0 Å². The van der Waals surface area contributed by atoms with E-state index in [2.05, 4.69) is 10.3 Å². The average molecular weight is 625 g/mol. The van der Waals surface area contributed by atoms with E-state index in [9.17, 15) is 18.3 Å². The molecule has 0 aliphatic carbocycles. The van der Waals surface area contributed by atoms with E-state index in [1.54, 1.807) is 12.1 Å². The number of nitrogens with one attached hydrogen (secondary N) is 1. The van der Waals surface area contributed by atoms with E-state index in [1.165, 1.54) is 77.0 Å². The maximum atomic E-state index is 13.2. The lowest BCUT2D eigenvalue weighted by Gasteiger charge is -2.10. The van der Waals surface area contributed by atoms with Gasteiger partial charge in [-0.15, -0.1) is 0 Å². The van der Waals surface area contributed by atoms with Crippen LogP contribution < -0.4 is 5.32 Å². The van der Waals surface area contributed by atoms with Crippen molar-refractivity contribution in [2.75, 3.05) is 18.8 Å². The van der Waals surface area contributed by atoms with E-state index in [0.29, 0.717) is 35.1 Å². The normalized spacial score (nSPS) is 11.8. The van der Waals surface area contributed by atoms with Crippen molar-refractivity contribution in [3.05, 3.63) is 60.2 Å². The molecule has 0 bridgehead atoms. The fourth-order valence-corrected chi connectivity index (χ4v) is 6.09. The van der Waals surface area contributed by atoms with Gasteiger partial charge in [-0.05, 0) is 31.5 Å². The van der Waals surface area contributed by atoms with Gasteiger partial charge >= 0.3 is 0 Å². The number of hydrogen-bond donors (Lipinski definition) is 3. The molecule has 1 aromatic heterocycles. The zero-order valence-electron chi connectivity index (χ0n) is 26.3. The molecule has 0 atom stereocenters. The first kappa shape index (κ1) is 35.7. The third-order valence-corrected chi connectivity index (χ3v) is 8.95. The van der Waals surface area contributed by atoms with Gasteiger partial charge < -0.3 is 10.4 Å². The first-order valence-electron chi connectivity index (χ1n) is 16.7. The smallest absolute Gasteiger partial charge is 0.266 e. The molecule has 3 rings (SSSR count). The highest BCUT2D eigenvalue weighted by molar-refractivity contribution is 7.85. The second-order valence-electron chi connectivity index (χ2n) is 12.0. The first-order valence-corrected chi connectivity index (χ1v) is 18.3. The summed E-state index contributed by atoms with van der Waals surface area (Å²) < 4.78 is 30.0. The molecule has 0 saturated carbocycles. The van der Waals surface area contributed by atoms with Crippen LogP contribution >= 0.6 is 0 Å². The number of pyridine rings is 1. The topological polar surface area (TPSA) is 117 Å². The van der Waals surface area contributed by atoms with Crippen LogP contribution in [0, 0.1) is 0 Å². The molecule has 0 spiro atoms. The summed E-state index contributed by atoms with van der Waals surface area (Å²) in [6.07, 6.45) is 20.1. The number of carbonyl (C=O) groups is 1. The van der Waals surface area contributed by atoms with Gasteiger partial charge in [-0.2, -0.15) is 8.42 Å². The number of aromatic hydroxyl groups is 1. The molecule has 0 saturated heterocycles. The summed E-state index contributed by atoms with van der Waals surface area (Å²) in [6.45, 7) is 1.12. The fourth-order valence-electron chi connectivity index (χ4n) is 5.69. The number of nitrogens with zero attached hydrogens (tertiary/aromatic N) is 1. The molecule has 0 aliphatic heterocycles. The van der Waals surface area contributed by atoms with Gasteiger partial charge in [0.1, 0.15) is 11.3 Å². The second-order valence-corrected chi connectivity index (χ2v) is 13.5. The van der Waals surface area contributed by atoms with Crippen molar-refractivity contribution in [1.82, 2.24) is 10.3 Å². The van der Waals surface area contributed by atoms with Crippen LogP contribution in [0.3, 0.4) is 0 Å². The number of para-hydroxylation sites is 1. The number of ketones is 1. The van der Waals surface area contributed by atoms with E-state index < -0.39 is 10.1 Å². The number of unbranched alkanes of at least 4 members (excludes halogenated alkanes) is 15. The Bertz CT molecular complexity index is 1360. The molecule has 0 unspecified atom stereocenters. The molecule has 3 aromatic rings. The van der Waals surface area contributed by atoms with E-state index in [-0.39, 0.29) is 17.3 Å². The van der Waals surface area contributed by atoms with Gasteiger partial charge in [0.25, 0.3) is 10.1 Å². The molecule has 8 heteroatoms. The van der Waals surface area contributed by atoms with Gasteiger partial charge in [-0.1, -0.05) is 132 Å². The van der Waals surface area contributed by atoms with Crippen LogP contribution in [0.25, 0.3) is 22.2 Å². The number of aromatic nitrogens is 1. The summed E-state index contributed by atoms with van der Waals surface area (Å²) in [4.78, 5) is 17.9. The SMILES string of the molecule is O=C(CCCCCCCCCCCCCCCCCCNCCS(=O)(=O)O)c1cc(-c2ccccc2)nc2c(O)cccc12. The summed E-state index contributed by atoms with van der Waals surface area (Å²) >= 11 is 0. The quantitative estimate of drug-likeness (QED) is 0.0518. The molecular formula is C36H52N2O5S. The zero-order chi connectivity index (χ0) is 31.5. The lowest BCUT2D eigenvalue weighted by molar-refractivity contribution is 0.0980. The molecule has 3 N–H and O–H groups in total. The van der Waals surface area contributed by atoms with E-state index in [4.69, 9.17) is 4.55 Å². The minimum atomic E-state index is -3.85. The number of carbonyl (C=O) groups excluding carboxylic acids is 1. The molecule has 0 radical (unpaired) electrons. The van der Waals surface area contributed by atoms with Gasteiger partial charge in [0.2, 0.25) is 0 Å². The maximum Gasteiger partial charge on any atom is 0.266 e. The third-order valence-electron chi connectivity index (χ3n) is 8.23. The fraction of sp³-hybridized carbons (Fsp3) is 0.556. The van der Waals surface area contributed by atoms with Crippen LogP contribution in [0.1, 0.15) is 120 Å². The van der Waals surface area contributed by atoms with Crippen LogP contribution in [0.15, 0.2) is 54.6 Å².